The number of nitrogens with one attached hydrogen (secondary N) is 1. The molecule has 1 unspecified atom stereocenters. The van der Waals surface area contributed by atoms with Gasteiger partial charge >= 0.3 is 6.18 Å². The lowest BCUT2D eigenvalue weighted by atomic mass is 9.80. The molecule has 0 aromatic heterocycles. The van der Waals surface area contributed by atoms with Gasteiger partial charge < -0.3 is 4.74 Å². The Kier molecular flexibility index (Phi) is 4.53. The lowest BCUT2D eigenvalue weighted by molar-refractivity contribution is -0.142. The number of halogens is 3. The minimum Gasteiger partial charge on any atom is -0.380 e. The highest BCUT2D eigenvalue weighted by atomic mass is 19.4. The first-order valence-corrected chi connectivity index (χ1v) is 6.45. The van der Waals surface area contributed by atoms with E-state index in [2.05, 4.69) is 10.3 Å². The maximum atomic E-state index is 12.5. The van der Waals surface area contributed by atoms with Gasteiger partial charge in [0, 0.05) is 6.61 Å². The van der Waals surface area contributed by atoms with Gasteiger partial charge in [0.15, 0.2) is 0 Å². The van der Waals surface area contributed by atoms with Gasteiger partial charge in [-0.3, -0.25) is 9.63 Å². The van der Waals surface area contributed by atoms with Crippen LogP contribution in [0.4, 0.5) is 13.2 Å². The third-order valence-electron chi connectivity index (χ3n) is 3.60. The van der Waals surface area contributed by atoms with Crippen molar-refractivity contribution in [3.8, 4) is 0 Å². The average molecular weight is 303 g/mol. The van der Waals surface area contributed by atoms with Crippen LogP contribution in [0.1, 0.15) is 17.5 Å². The van der Waals surface area contributed by atoms with E-state index < -0.39 is 17.2 Å². The summed E-state index contributed by atoms with van der Waals surface area (Å²) in [7, 11) is 1.33. The van der Waals surface area contributed by atoms with Crippen molar-refractivity contribution < 1.29 is 27.5 Å². The molecule has 1 atom stereocenters. The quantitative estimate of drug-likeness (QED) is 0.869. The van der Waals surface area contributed by atoms with Gasteiger partial charge in [-0.2, -0.15) is 13.2 Å². The lowest BCUT2D eigenvalue weighted by Crippen LogP contribution is -2.42. The van der Waals surface area contributed by atoms with E-state index in [9.17, 15) is 18.0 Å². The third kappa shape index (κ3) is 3.54. The Morgan fingerprint density at radius 2 is 2.05 bits per heavy atom. The van der Waals surface area contributed by atoms with Gasteiger partial charge in [-0.15, -0.1) is 0 Å². The topological polar surface area (TPSA) is 47.6 Å². The largest absolute Gasteiger partial charge is 0.416 e. The Morgan fingerprint density at radius 3 is 2.52 bits per heavy atom. The van der Waals surface area contributed by atoms with E-state index in [1.165, 1.54) is 19.2 Å². The molecule has 1 saturated heterocycles. The molecule has 2 rings (SSSR count). The average Bonchev–Trinajstić information content (AvgIpc) is 2.88. The van der Waals surface area contributed by atoms with Crippen LogP contribution in [0.15, 0.2) is 24.3 Å². The molecule has 0 saturated carbocycles. The highest BCUT2D eigenvalue weighted by Crippen LogP contribution is 2.34. The molecule has 116 valence electrons. The van der Waals surface area contributed by atoms with Crippen LogP contribution in [-0.4, -0.2) is 26.2 Å². The molecule has 0 bridgehead atoms. The van der Waals surface area contributed by atoms with Crippen molar-refractivity contribution in [2.24, 2.45) is 5.41 Å². The van der Waals surface area contributed by atoms with E-state index in [1.807, 2.05) is 0 Å². The maximum Gasteiger partial charge on any atom is 0.416 e. The van der Waals surface area contributed by atoms with Crippen LogP contribution in [0.25, 0.3) is 0 Å². The van der Waals surface area contributed by atoms with Crippen LogP contribution >= 0.6 is 0 Å². The fourth-order valence-corrected chi connectivity index (χ4v) is 2.41. The number of alkyl halides is 3. The molecule has 21 heavy (non-hydrogen) atoms. The van der Waals surface area contributed by atoms with Crippen LogP contribution in [-0.2, 0) is 27.0 Å². The number of carbonyl (C=O) groups is 1. The zero-order valence-electron chi connectivity index (χ0n) is 11.5. The van der Waals surface area contributed by atoms with Crippen molar-refractivity contribution in [2.45, 2.75) is 19.0 Å². The number of benzene rings is 1. The molecule has 1 aliphatic heterocycles. The molecule has 1 amide bonds. The van der Waals surface area contributed by atoms with Crippen molar-refractivity contribution in [3.05, 3.63) is 35.4 Å². The Labute approximate surface area is 120 Å². The van der Waals surface area contributed by atoms with E-state index >= 15 is 0 Å². The summed E-state index contributed by atoms with van der Waals surface area (Å²) in [6.45, 7) is 0.668. The maximum absolute atomic E-state index is 12.5. The summed E-state index contributed by atoms with van der Waals surface area (Å²) >= 11 is 0. The van der Waals surface area contributed by atoms with Crippen molar-refractivity contribution in [3.63, 3.8) is 0 Å². The van der Waals surface area contributed by atoms with Gasteiger partial charge in [0.2, 0.25) is 0 Å². The van der Waals surface area contributed by atoms with Gasteiger partial charge in [0.1, 0.15) is 0 Å². The van der Waals surface area contributed by atoms with Crippen LogP contribution in [0.3, 0.4) is 0 Å². The number of hydrogen-bond donors (Lipinski definition) is 1. The smallest absolute Gasteiger partial charge is 0.380 e. The second-order valence-corrected chi connectivity index (χ2v) is 5.09. The molecule has 1 aliphatic rings. The molecule has 0 radical (unpaired) electrons. The SMILES string of the molecule is CONC(=O)C1(Cc2ccc(C(F)(F)F)cc2)CCOC1. The number of rotatable bonds is 4. The highest BCUT2D eigenvalue weighted by molar-refractivity contribution is 5.82. The first kappa shape index (κ1) is 15.8. The van der Waals surface area contributed by atoms with E-state index in [4.69, 9.17) is 4.74 Å². The minimum absolute atomic E-state index is 0.225. The molecule has 7 heteroatoms. The van der Waals surface area contributed by atoms with Gasteiger partial charge in [-0.1, -0.05) is 12.1 Å². The summed E-state index contributed by atoms with van der Waals surface area (Å²) < 4.78 is 42.9. The molecule has 1 fully saturated rings. The van der Waals surface area contributed by atoms with Crippen LogP contribution in [0.2, 0.25) is 0 Å². The van der Waals surface area contributed by atoms with Crippen LogP contribution < -0.4 is 5.48 Å². The van der Waals surface area contributed by atoms with Crippen molar-refractivity contribution in [1.29, 1.82) is 0 Å². The number of hydroxylamine groups is 1. The number of carbonyl (C=O) groups excluding carboxylic acids is 1. The lowest BCUT2D eigenvalue weighted by Gasteiger charge is -2.25. The molecule has 4 nitrogen and oxygen atoms in total. The molecule has 1 heterocycles. The Hall–Kier alpha value is -1.60. The second-order valence-electron chi connectivity index (χ2n) is 5.09. The summed E-state index contributed by atoms with van der Waals surface area (Å²) in [6.07, 6.45) is -3.55. The highest BCUT2D eigenvalue weighted by Gasteiger charge is 2.42. The van der Waals surface area contributed by atoms with Gasteiger partial charge in [-0.05, 0) is 30.5 Å². The van der Waals surface area contributed by atoms with Gasteiger partial charge in [0.25, 0.3) is 5.91 Å². The first-order chi connectivity index (χ1) is 9.87. The summed E-state index contributed by atoms with van der Waals surface area (Å²) in [5.41, 5.74) is 1.44. The molecule has 1 N–H and O–H groups in total. The molecule has 0 spiro atoms. The zero-order valence-corrected chi connectivity index (χ0v) is 11.5. The normalized spacial score (nSPS) is 22.3. The summed E-state index contributed by atoms with van der Waals surface area (Å²) in [5.74, 6) is -0.317. The van der Waals surface area contributed by atoms with Crippen LogP contribution in [0, 0.1) is 5.41 Å². The summed E-state index contributed by atoms with van der Waals surface area (Å²) in [4.78, 5) is 16.7. The molecular formula is C14H16F3NO3. The fraction of sp³-hybridized carbons (Fsp3) is 0.500. The Balaban J connectivity index is 2.16. The predicted octanol–water partition coefficient (Wildman–Crippen LogP) is 2.33. The Bertz CT molecular complexity index is 493. The second kappa shape index (κ2) is 6.03. The van der Waals surface area contributed by atoms with Crippen LogP contribution in [0.5, 0.6) is 0 Å². The molecule has 1 aromatic carbocycles. The molecule has 1 aromatic rings. The fourth-order valence-electron chi connectivity index (χ4n) is 2.41. The van der Waals surface area contributed by atoms with Crippen molar-refractivity contribution >= 4 is 5.91 Å². The van der Waals surface area contributed by atoms with Crippen molar-refractivity contribution in [2.75, 3.05) is 20.3 Å². The van der Waals surface area contributed by atoms with E-state index in [0.29, 0.717) is 25.0 Å². The summed E-state index contributed by atoms with van der Waals surface area (Å²) in [6, 6.07) is 4.83. The monoisotopic (exact) mass is 303 g/mol. The van der Waals surface area contributed by atoms with Gasteiger partial charge in [0.05, 0.1) is 24.7 Å². The number of amides is 1. The van der Waals surface area contributed by atoms with E-state index in [0.717, 1.165) is 12.1 Å². The zero-order chi connectivity index (χ0) is 15.5. The van der Waals surface area contributed by atoms with Crippen molar-refractivity contribution in [1.82, 2.24) is 5.48 Å². The standard InChI is InChI=1S/C14H16F3NO3/c1-20-18-12(19)13(6-7-21-9-13)8-10-2-4-11(5-3-10)14(15,16)17/h2-5H,6-9H2,1H3,(H,18,19). The third-order valence-corrected chi connectivity index (χ3v) is 3.60. The Morgan fingerprint density at radius 1 is 1.38 bits per heavy atom. The number of hydrogen-bond acceptors (Lipinski definition) is 3. The first-order valence-electron chi connectivity index (χ1n) is 6.45. The van der Waals surface area contributed by atoms with E-state index in [-0.39, 0.29) is 12.5 Å². The summed E-state index contributed by atoms with van der Waals surface area (Å²) in [5, 5.41) is 0. The van der Waals surface area contributed by atoms with Gasteiger partial charge in [-0.25, -0.2) is 5.48 Å². The predicted molar refractivity (Wildman–Crippen MR) is 68.2 cm³/mol. The van der Waals surface area contributed by atoms with E-state index in [1.54, 1.807) is 0 Å². The molecule has 0 aliphatic carbocycles. The molecular weight excluding hydrogens is 287 g/mol. The minimum atomic E-state index is -4.36. The number of ether oxygens (including phenoxy) is 1.